The molecule has 0 saturated heterocycles. The van der Waals surface area contributed by atoms with E-state index in [1.165, 1.54) is 12.3 Å². The van der Waals surface area contributed by atoms with Crippen molar-refractivity contribution in [3.05, 3.63) is 34.0 Å². The molecule has 0 fully saturated rings. The number of oxazole rings is 1. The molecule has 0 atom stereocenters. The molecule has 0 N–H and O–H groups in total. The van der Waals surface area contributed by atoms with Crippen LogP contribution in [0.5, 0.6) is 0 Å². The lowest BCUT2D eigenvalue weighted by Crippen LogP contribution is -1.86. The number of aryl methyl sites for hydroxylation is 2. The quantitative estimate of drug-likeness (QED) is 0.847. The van der Waals surface area contributed by atoms with Gasteiger partial charge in [0.2, 0.25) is 0 Å². The predicted octanol–water partition coefficient (Wildman–Crippen LogP) is 3.74. The summed E-state index contributed by atoms with van der Waals surface area (Å²) in [6.07, 6.45) is 1.54. The second kappa shape index (κ2) is 4.55. The first-order valence-corrected chi connectivity index (χ1v) is 6.10. The Hall–Kier alpha value is -0.880. The third kappa shape index (κ3) is 2.44. The van der Waals surface area contributed by atoms with Crippen molar-refractivity contribution in [1.82, 2.24) is 9.97 Å². The van der Waals surface area contributed by atoms with Crippen molar-refractivity contribution >= 4 is 27.7 Å². The highest BCUT2D eigenvalue weighted by Crippen LogP contribution is 2.29. The highest BCUT2D eigenvalue weighted by molar-refractivity contribution is 9.10. The van der Waals surface area contributed by atoms with Gasteiger partial charge in [0.15, 0.2) is 5.82 Å². The van der Waals surface area contributed by atoms with Crippen LogP contribution in [0.3, 0.4) is 0 Å². The molecule has 2 aromatic heterocycles. The van der Waals surface area contributed by atoms with Gasteiger partial charge in [-0.15, -0.1) is 0 Å². The van der Waals surface area contributed by atoms with Crippen LogP contribution in [0.25, 0.3) is 0 Å². The SMILES string of the molecule is Cc1nc(Sc2ncc(Br)cc2F)oc1C. The average Bonchev–Trinajstić information content (AvgIpc) is 2.51. The first-order valence-electron chi connectivity index (χ1n) is 4.49. The number of halogens is 2. The number of pyridine rings is 1. The van der Waals surface area contributed by atoms with Gasteiger partial charge in [-0.25, -0.2) is 14.4 Å². The van der Waals surface area contributed by atoms with Crippen molar-refractivity contribution < 1.29 is 8.81 Å². The lowest BCUT2D eigenvalue weighted by Gasteiger charge is -1.98. The second-order valence-corrected chi connectivity index (χ2v) is 5.02. The van der Waals surface area contributed by atoms with E-state index in [0.717, 1.165) is 23.2 Å². The number of hydrogen-bond donors (Lipinski definition) is 0. The number of aromatic nitrogens is 2. The van der Waals surface area contributed by atoms with Crippen LogP contribution < -0.4 is 0 Å². The minimum atomic E-state index is -0.395. The van der Waals surface area contributed by atoms with Crippen LogP contribution >= 0.6 is 27.7 Å². The zero-order valence-corrected chi connectivity index (χ0v) is 11.0. The summed E-state index contributed by atoms with van der Waals surface area (Å²) in [7, 11) is 0. The van der Waals surface area contributed by atoms with Gasteiger partial charge in [0, 0.05) is 10.7 Å². The van der Waals surface area contributed by atoms with Gasteiger partial charge >= 0.3 is 0 Å². The van der Waals surface area contributed by atoms with E-state index < -0.39 is 5.82 Å². The fourth-order valence-corrected chi connectivity index (χ4v) is 2.13. The summed E-state index contributed by atoms with van der Waals surface area (Å²) < 4.78 is 19.4. The Balaban J connectivity index is 2.27. The van der Waals surface area contributed by atoms with Crippen LogP contribution in [-0.2, 0) is 0 Å². The largest absolute Gasteiger partial charge is 0.436 e. The van der Waals surface area contributed by atoms with Crippen molar-refractivity contribution in [3.8, 4) is 0 Å². The first kappa shape index (κ1) is 11.6. The van der Waals surface area contributed by atoms with Gasteiger partial charge in [-0.2, -0.15) is 0 Å². The Morgan fingerprint density at radius 2 is 2.19 bits per heavy atom. The van der Waals surface area contributed by atoms with Crippen molar-refractivity contribution in [3.63, 3.8) is 0 Å². The van der Waals surface area contributed by atoms with Crippen molar-refractivity contribution in [2.24, 2.45) is 0 Å². The van der Waals surface area contributed by atoms with Crippen LogP contribution in [0.4, 0.5) is 4.39 Å². The molecule has 0 aliphatic heterocycles. The molecule has 3 nitrogen and oxygen atoms in total. The van der Waals surface area contributed by atoms with Crippen LogP contribution in [0.1, 0.15) is 11.5 Å². The average molecular weight is 303 g/mol. The first-order chi connectivity index (χ1) is 7.56. The van der Waals surface area contributed by atoms with Gasteiger partial charge in [-0.05, 0) is 47.6 Å². The molecule has 16 heavy (non-hydrogen) atoms. The molecule has 2 rings (SSSR count). The Morgan fingerprint density at radius 3 is 2.75 bits per heavy atom. The maximum atomic E-state index is 13.5. The van der Waals surface area contributed by atoms with Gasteiger partial charge in [-0.3, -0.25) is 0 Å². The molecule has 0 aliphatic carbocycles. The topological polar surface area (TPSA) is 38.9 Å². The highest BCUT2D eigenvalue weighted by atomic mass is 79.9. The van der Waals surface area contributed by atoms with Crippen LogP contribution in [0.2, 0.25) is 0 Å². The van der Waals surface area contributed by atoms with Gasteiger partial charge < -0.3 is 4.42 Å². The van der Waals surface area contributed by atoms with Gasteiger partial charge in [0.1, 0.15) is 10.8 Å². The molecule has 0 spiro atoms. The third-order valence-corrected chi connectivity index (χ3v) is 3.24. The summed E-state index contributed by atoms with van der Waals surface area (Å²) in [6, 6.07) is 1.36. The van der Waals surface area contributed by atoms with E-state index >= 15 is 0 Å². The van der Waals surface area contributed by atoms with Gasteiger partial charge in [0.05, 0.1) is 5.69 Å². The van der Waals surface area contributed by atoms with Crippen molar-refractivity contribution in [1.29, 1.82) is 0 Å². The molecule has 0 saturated carbocycles. The Bertz CT molecular complexity index is 510. The molecule has 0 unspecified atom stereocenters. The summed E-state index contributed by atoms with van der Waals surface area (Å²) in [6.45, 7) is 3.66. The molecule has 84 valence electrons. The molecule has 6 heteroatoms. The zero-order valence-electron chi connectivity index (χ0n) is 8.62. The van der Waals surface area contributed by atoms with E-state index in [4.69, 9.17) is 4.42 Å². The third-order valence-electron chi connectivity index (χ3n) is 1.97. The smallest absolute Gasteiger partial charge is 0.262 e. The fraction of sp³-hybridized carbons (Fsp3) is 0.200. The minimum Gasteiger partial charge on any atom is -0.436 e. The highest BCUT2D eigenvalue weighted by Gasteiger charge is 2.12. The molecule has 0 amide bonds. The molecular weight excluding hydrogens is 295 g/mol. The molecule has 0 aliphatic rings. The van der Waals surface area contributed by atoms with E-state index in [1.807, 2.05) is 13.8 Å². The van der Waals surface area contributed by atoms with E-state index in [-0.39, 0.29) is 5.03 Å². The molecule has 0 radical (unpaired) electrons. The summed E-state index contributed by atoms with van der Waals surface area (Å²) in [4.78, 5) is 8.10. The predicted molar refractivity (Wildman–Crippen MR) is 62.0 cm³/mol. The van der Waals surface area contributed by atoms with Crippen molar-refractivity contribution in [2.75, 3.05) is 0 Å². The number of nitrogens with zero attached hydrogens (tertiary/aromatic N) is 2. The van der Waals surface area contributed by atoms with Crippen LogP contribution in [0.15, 0.2) is 31.4 Å². The van der Waals surface area contributed by atoms with E-state index in [2.05, 4.69) is 25.9 Å². The Morgan fingerprint density at radius 1 is 1.44 bits per heavy atom. The van der Waals surface area contributed by atoms with Crippen LogP contribution in [0, 0.1) is 19.7 Å². The van der Waals surface area contributed by atoms with Gasteiger partial charge in [-0.1, -0.05) is 0 Å². The fourth-order valence-electron chi connectivity index (χ4n) is 1.05. The molecule has 0 bridgehead atoms. The number of rotatable bonds is 2. The Labute approximate surface area is 105 Å². The second-order valence-electron chi connectivity index (χ2n) is 3.16. The van der Waals surface area contributed by atoms with Gasteiger partial charge in [0.25, 0.3) is 5.22 Å². The Kier molecular flexibility index (Phi) is 3.30. The normalized spacial score (nSPS) is 10.8. The van der Waals surface area contributed by atoms with E-state index in [0.29, 0.717) is 9.70 Å². The standard InChI is InChI=1S/C10H8BrFN2OS/c1-5-6(2)15-10(14-5)16-9-8(12)3-7(11)4-13-9/h3-4H,1-2H3. The van der Waals surface area contributed by atoms with Crippen LogP contribution in [-0.4, -0.2) is 9.97 Å². The number of hydrogen-bond acceptors (Lipinski definition) is 4. The summed E-state index contributed by atoms with van der Waals surface area (Å²) in [5.74, 6) is 0.341. The maximum Gasteiger partial charge on any atom is 0.262 e. The molecule has 0 aromatic carbocycles. The summed E-state index contributed by atoms with van der Waals surface area (Å²) in [5, 5.41) is 0.660. The zero-order chi connectivity index (χ0) is 11.7. The lowest BCUT2D eigenvalue weighted by molar-refractivity contribution is 0.430. The molecular formula is C10H8BrFN2OS. The van der Waals surface area contributed by atoms with E-state index in [9.17, 15) is 4.39 Å². The maximum absolute atomic E-state index is 13.5. The summed E-state index contributed by atoms with van der Waals surface area (Å²) >= 11 is 4.22. The van der Waals surface area contributed by atoms with E-state index in [1.54, 1.807) is 0 Å². The lowest BCUT2D eigenvalue weighted by atomic mass is 10.4. The molecule has 2 heterocycles. The molecule has 2 aromatic rings. The summed E-state index contributed by atoms with van der Waals surface area (Å²) in [5.41, 5.74) is 0.806. The minimum absolute atomic E-state index is 0.254. The van der Waals surface area contributed by atoms with Crippen molar-refractivity contribution in [2.45, 2.75) is 24.1 Å². The monoisotopic (exact) mass is 302 g/mol.